The van der Waals surface area contributed by atoms with E-state index in [0.29, 0.717) is 17.8 Å². The third-order valence-electron chi connectivity index (χ3n) is 2.86. The predicted molar refractivity (Wildman–Crippen MR) is 73.2 cm³/mol. The minimum absolute atomic E-state index is 0.139. The summed E-state index contributed by atoms with van der Waals surface area (Å²) in [5.41, 5.74) is 8.95. The van der Waals surface area contributed by atoms with Gasteiger partial charge in [0.25, 0.3) is 5.91 Å². The van der Waals surface area contributed by atoms with E-state index in [9.17, 15) is 4.79 Å². The number of aryl methyl sites for hydroxylation is 1. The molecular formula is C15H16N2O. The lowest BCUT2D eigenvalue weighted by Crippen LogP contribution is -2.24. The Morgan fingerprint density at radius 3 is 2.56 bits per heavy atom. The largest absolute Gasteiger partial charge is 0.398 e. The van der Waals surface area contributed by atoms with Crippen LogP contribution in [0.25, 0.3) is 0 Å². The molecular weight excluding hydrogens is 224 g/mol. The quantitative estimate of drug-likeness (QED) is 0.810. The minimum atomic E-state index is -0.139. The number of anilines is 1. The van der Waals surface area contributed by atoms with Crippen molar-refractivity contribution in [2.24, 2.45) is 0 Å². The first-order valence-corrected chi connectivity index (χ1v) is 5.85. The Bertz CT molecular complexity index is 550. The number of hydrogen-bond acceptors (Lipinski definition) is 2. The topological polar surface area (TPSA) is 55.1 Å². The van der Waals surface area contributed by atoms with Gasteiger partial charge in [0.2, 0.25) is 0 Å². The van der Waals surface area contributed by atoms with Crippen LogP contribution >= 0.6 is 0 Å². The van der Waals surface area contributed by atoms with Crippen molar-refractivity contribution in [3.8, 4) is 0 Å². The predicted octanol–water partition coefficient (Wildman–Crippen LogP) is 2.51. The van der Waals surface area contributed by atoms with Crippen LogP contribution in [0, 0.1) is 6.92 Å². The number of hydrogen-bond donors (Lipinski definition) is 2. The number of benzene rings is 2. The van der Waals surface area contributed by atoms with E-state index in [1.165, 1.54) is 0 Å². The molecule has 0 aromatic heterocycles. The van der Waals surface area contributed by atoms with E-state index in [-0.39, 0.29) is 5.91 Å². The Morgan fingerprint density at radius 1 is 1.11 bits per heavy atom. The Labute approximate surface area is 107 Å². The summed E-state index contributed by atoms with van der Waals surface area (Å²) in [7, 11) is 0. The van der Waals surface area contributed by atoms with Crippen LogP contribution in [0.1, 0.15) is 21.5 Å². The first kappa shape index (κ1) is 12.2. The van der Waals surface area contributed by atoms with E-state index in [1.807, 2.05) is 49.4 Å². The highest BCUT2D eigenvalue weighted by atomic mass is 16.1. The van der Waals surface area contributed by atoms with Crippen molar-refractivity contribution in [2.75, 3.05) is 5.73 Å². The van der Waals surface area contributed by atoms with Gasteiger partial charge < -0.3 is 11.1 Å². The van der Waals surface area contributed by atoms with E-state index >= 15 is 0 Å². The van der Waals surface area contributed by atoms with E-state index in [1.54, 1.807) is 6.07 Å². The molecule has 0 atom stereocenters. The normalized spacial score (nSPS) is 10.1. The molecule has 0 saturated carbocycles. The lowest BCUT2D eigenvalue weighted by molar-refractivity contribution is 0.0951. The summed E-state index contributed by atoms with van der Waals surface area (Å²) >= 11 is 0. The van der Waals surface area contributed by atoms with Crippen molar-refractivity contribution in [2.45, 2.75) is 13.5 Å². The number of rotatable bonds is 3. The van der Waals surface area contributed by atoms with Crippen LogP contribution in [0.4, 0.5) is 5.69 Å². The average Bonchev–Trinajstić information content (AvgIpc) is 2.40. The van der Waals surface area contributed by atoms with Crippen molar-refractivity contribution in [3.05, 3.63) is 65.2 Å². The Kier molecular flexibility index (Phi) is 3.63. The molecule has 0 spiro atoms. The molecule has 2 rings (SSSR count). The summed E-state index contributed by atoms with van der Waals surface area (Å²) < 4.78 is 0. The van der Waals surface area contributed by atoms with Gasteiger partial charge in [0.05, 0.1) is 5.56 Å². The van der Waals surface area contributed by atoms with Gasteiger partial charge in [-0.1, -0.05) is 42.5 Å². The standard InChI is InChI=1S/C15H16N2O/c1-11-6-5-9-13(14(11)16)15(18)17-10-12-7-3-2-4-8-12/h2-9H,10,16H2,1H3,(H,17,18). The molecule has 3 nitrogen and oxygen atoms in total. The number of carbonyl (C=O) groups is 1. The van der Waals surface area contributed by atoms with E-state index in [2.05, 4.69) is 5.32 Å². The van der Waals surface area contributed by atoms with Crippen LogP contribution in [0.2, 0.25) is 0 Å². The Hall–Kier alpha value is -2.29. The smallest absolute Gasteiger partial charge is 0.253 e. The molecule has 0 bridgehead atoms. The van der Waals surface area contributed by atoms with Gasteiger partial charge in [-0.3, -0.25) is 4.79 Å². The number of nitrogens with one attached hydrogen (secondary N) is 1. The average molecular weight is 240 g/mol. The van der Waals surface area contributed by atoms with Gasteiger partial charge in [-0.25, -0.2) is 0 Å². The molecule has 1 amide bonds. The maximum absolute atomic E-state index is 12.0. The van der Waals surface area contributed by atoms with E-state index in [0.717, 1.165) is 11.1 Å². The zero-order chi connectivity index (χ0) is 13.0. The first-order chi connectivity index (χ1) is 8.68. The number of amides is 1. The van der Waals surface area contributed by atoms with Gasteiger partial charge in [0.1, 0.15) is 0 Å². The van der Waals surface area contributed by atoms with Gasteiger partial charge in [0.15, 0.2) is 0 Å². The monoisotopic (exact) mass is 240 g/mol. The summed E-state index contributed by atoms with van der Waals surface area (Å²) in [4.78, 5) is 12.0. The van der Waals surface area contributed by atoms with Crippen molar-refractivity contribution in [1.29, 1.82) is 0 Å². The molecule has 0 aliphatic rings. The van der Waals surface area contributed by atoms with Crippen LogP contribution in [-0.4, -0.2) is 5.91 Å². The van der Waals surface area contributed by atoms with Crippen LogP contribution in [0.5, 0.6) is 0 Å². The highest BCUT2D eigenvalue weighted by Gasteiger charge is 2.10. The van der Waals surface area contributed by atoms with E-state index in [4.69, 9.17) is 5.73 Å². The van der Waals surface area contributed by atoms with Gasteiger partial charge in [0, 0.05) is 12.2 Å². The van der Waals surface area contributed by atoms with Crippen molar-refractivity contribution in [3.63, 3.8) is 0 Å². The van der Waals surface area contributed by atoms with E-state index < -0.39 is 0 Å². The van der Waals surface area contributed by atoms with Gasteiger partial charge in [-0.15, -0.1) is 0 Å². The maximum atomic E-state index is 12.0. The molecule has 0 heterocycles. The molecule has 18 heavy (non-hydrogen) atoms. The van der Waals surface area contributed by atoms with Gasteiger partial charge in [-0.2, -0.15) is 0 Å². The molecule has 3 heteroatoms. The SMILES string of the molecule is Cc1cccc(C(=O)NCc2ccccc2)c1N. The molecule has 0 unspecified atom stereocenters. The highest BCUT2D eigenvalue weighted by Crippen LogP contribution is 2.16. The molecule has 0 aliphatic carbocycles. The lowest BCUT2D eigenvalue weighted by atomic mass is 10.1. The van der Waals surface area contributed by atoms with Crippen LogP contribution in [0.3, 0.4) is 0 Å². The van der Waals surface area contributed by atoms with Crippen molar-refractivity contribution in [1.82, 2.24) is 5.32 Å². The second-order valence-corrected chi connectivity index (χ2v) is 4.20. The van der Waals surface area contributed by atoms with Crippen molar-refractivity contribution >= 4 is 11.6 Å². The second kappa shape index (κ2) is 5.36. The molecule has 0 radical (unpaired) electrons. The third-order valence-corrected chi connectivity index (χ3v) is 2.86. The third kappa shape index (κ3) is 2.69. The second-order valence-electron chi connectivity index (χ2n) is 4.20. The summed E-state index contributed by atoms with van der Waals surface area (Å²) in [6.45, 7) is 2.40. The zero-order valence-corrected chi connectivity index (χ0v) is 10.3. The first-order valence-electron chi connectivity index (χ1n) is 5.85. The summed E-state index contributed by atoms with van der Waals surface area (Å²) in [6.07, 6.45) is 0. The Morgan fingerprint density at radius 2 is 1.83 bits per heavy atom. The fraction of sp³-hybridized carbons (Fsp3) is 0.133. The van der Waals surface area contributed by atoms with Crippen LogP contribution in [-0.2, 0) is 6.54 Å². The van der Waals surface area contributed by atoms with Crippen molar-refractivity contribution < 1.29 is 4.79 Å². The summed E-state index contributed by atoms with van der Waals surface area (Å²) in [5.74, 6) is -0.139. The fourth-order valence-corrected chi connectivity index (χ4v) is 1.75. The summed E-state index contributed by atoms with van der Waals surface area (Å²) in [5, 5.41) is 2.86. The number of nitrogen functional groups attached to an aromatic ring is 1. The molecule has 3 N–H and O–H groups in total. The number of carbonyl (C=O) groups excluding carboxylic acids is 1. The molecule has 2 aromatic rings. The fourth-order valence-electron chi connectivity index (χ4n) is 1.75. The number of nitrogens with two attached hydrogens (primary N) is 1. The molecule has 0 fully saturated rings. The molecule has 0 aliphatic heterocycles. The van der Waals surface area contributed by atoms with Gasteiger partial charge in [-0.05, 0) is 24.1 Å². The molecule has 0 saturated heterocycles. The molecule has 2 aromatic carbocycles. The van der Waals surface area contributed by atoms with Crippen LogP contribution < -0.4 is 11.1 Å². The lowest BCUT2D eigenvalue weighted by Gasteiger charge is -2.09. The maximum Gasteiger partial charge on any atom is 0.253 e. The summed E-state index contributed by atoms with van der Waals surface area (Å²) in [6, 6.07) is 15.3. The zero-order valence-electron chi connectivity index (χ0n) is 10.3. The minimum Gasteiger partial charge on any atom is -0.398 e. The highest BCUT2D eigenvalue weighted by molar-refractivity contribution is 5.99. The number of para-hydroxylation sites is 1. The van der Waals surface area contributed by atoms with Gasteiger partial charge >= 0.3 is 0 Å². The Balaban J connectivity index is 2.07. The molecule has 92 valence electrons. The van der Waals surface area contributed by atoms with Crippen LogP contribution in [0.15, 0.2) is 48.5 Å².